The number of amides is 1. The Morgan fingerprint density at radius 2 is 1.83 bits per heavy atom. The van der Waals surface area contributed by atoms with Gasteiger partial charge in [-0.2, -0.15) is 0 Å². The highest BCUT2D eigenvalue weighted by atomic mass is 35.5. The summed E-state index contributed by atoms with van der Waals surface area (Å²) in [7, 11) is 2.02. The highest BCUT2D eigenvalue weighted by molar-refractivity contribution is 5.85. The molecule has 2 unspecified atom stereocenters. The van der Waals surface area contributed by atoms with E-state index in [0.29, 0.717) is 17.7 Å². The lowest BCUT2D eigenvalue weighted by Gasteiger charge is -2.36. The molecule has 0 bridgehead atoms. The van der Waals surface area contributed by atoms with Gasteiger partial charge in [-0.25, -0.2) is 0 Å². The van der Waals surface area contributed by atoms with Gasteiger partial charge in [-0.15, -0.1) is 12.4 Å². The number of carbonyl (C=O) groups is 1. The lowest BCUT2D eigenvalue weighted by atomic mass is 9.81. The van der Waals surface area contributed by atoms with Gasteiger partial charge in [0, 0.05) is 19.0 Å². The molecule has 1 heterocycles. The van der Waals surface area contributed by atoms with Crippen molar-refractivity contribution in [1.29, 1.82) is 0 Å². The van der Waals surface area contributed by atoms with Crippen LogP contribution in [0.25, 0.3) is 0 Å². The highest BCUT2D eigenvalue weighted by Crippen LogP contribution is 2.32. The van der Waals surface area contributed by atoms with E-state index >= 15 is 0 Å². The van der Waals surface area contributed by atoms with E-state index in [1.54, 1.807) is 0 Å². The number of nitrogens with zero attached hydrogens (tertiary/aromatic N) is 1. The molecule has 0 radical (unpaired) electrons. The third-order valence-electron chi connectivity index (χ3n) is 5.65. The molecule has 0 aromatic heterocycles. The van der Waals surface area contributed by atoms with Crippen molar-refractivity contribution in [2.24, 2.45) is 17.8 Å². The topological polar surface area (TPSA) is 32.3 Å². The number of carbonyl (C=O) groups excluding carboxylic acids is 1. The molecule has 23 heavy (non-hydrogen) atoms. The fraction of sp³-hybridized carbons (Fsp3) is 0.947. The van der Waals surface area contributed by atoms with Gasteiger partial charge < -0.3 is 10.2 Å². The summed E-state index contributed by atoms with van der Waals surface area (Å²) >= 11 is 0. The molecule has 1 aliphatic heterocycles. The van der Waals surface area contributed by atoms with Crippen LogP contribution in [0.1, 0.15) is 71.1 Å². The minimum absolute atomic E-state index is 0. The van der Waals surface area contributed by atoms with E-state index in [4.69, 9.17) is 0 Å². The predicted octanol–water partition coefficient (Wildman–Crippen LogP) is 4.25. The number of rotatable bonds is 7. The number of hydrogen-bond acceptors (Lipinski definition) is 2. The van der Waals surface area contributed by atoms with Gasteiger partial charge in [-0.3, -0.25) is 4.79 Å². The van der Waals surface area contributed by atoms with Crippen LogP contribution in [-0.2, 0) is 4.79 Å². The molecule has 1 saturated carbocycles. The van der Waals surface area contributed by atoms with E-state index in [-0.39, 0.29) is 12.4 Å². The molecule has 0 spiro atoms. The maximum Gasteiger partial charge on any atom is 0.225 e. The quantitative estimate of drug-likeness (QED) is 0.748. The Morgan fingerprint density at radius 3 is 2.48 bits per heavy atom. The summed E-state index contributed by atoms with van der Waals surface area (Å²) < 4.78 is 0. The van der Waals surface area contributed by atoms with Gasteiger partial charge in [0.05, 0.1) is 0 Å². The van der Waals surface area contributed by atoms with Crippen LogP contribution in [-0.4, -0.2) is 37.5 Å². The van der Waals surface area contributed by atoms with Gasteiger partial charge in [0.25, 0.3) is 0 Å². The molecule has 136 valence electrons. The molecule has 2 fully saturated rings. The lowest BCUT2D eigenvalue weighted by Crippen LogP contribution is -2.45. The zero-order valence-electron chi connectivity index (χ0n) is 15.2. The van der Waals surface area contributed by atoms with Crippen LogP contribution < -0.4 is 5.32 Å². The van der Waals surface area contributed by atoms with Crippen molar-refractivity contribution in [3.63, 3.8) is 0 Å². The Kier molecular flexibility index (Phi) is 10.2. The van der Waals surface area contributed by atoms with Gasteiger partial charge in [-0.1, -0.05) is 45.4 Å². The number of hydrogen-bond donors (Lipinski definition) is 1. The van der Waals surface area contributed by atoms with Crippen molar-refractivity contribution in [3.05, 3.63) is 0 Å². The Balaban J connectivity index is 0.00000264. The maximum absolute atomic E-state index is 13.0. The first-order valence-corrected chi connectivity index (χ1v) is 9.68. The summed E-state index contributed by atoms with van der Waals surface area (Å²) in [6.45, 7) is 5.24. The van der Waals surface area contributed by atoms with Crippen molar-refractivity contribution in [1.82, 2.24) is 10.2 Å². The molecule has 0 aromatic carbocycles. The molecule has 1 saturated heterocycles. The van der Waals surface area contributed by atoms with E-state index < -0.39 is 0 Å². The van der Waals surface area contributed by atoms with E-state index in [9.17, 15) is 4.79 Å². The van der Waals surface area contributed by atoms with Gasteiger partial charge in [0.1, 0.15) is 0 Å². The number of nitrogens with one attached hydrogen (secondary N) is 1. The van der Waals surface area contributed by atoms with E-state index in [0.717, 1.165) is 44.8 Å². The minimum atomic E-state index is 0. The van der Waals surface area contributed by atoms with Crippen molar-refractivity contribution in [3.8, 4) is 0 Å². The van der Waals surface area contributed by atoms with E-state index in [1.807, 2.05) is 7.05 Å². The second-order valence-corrected chi connectivity index (χ2v) is 7.58. The number of piperidine rings is 1. The average Bonchev–Trinajstić information content (AvgIpc) is 2.55. The number of likely N-dealkylation sites (tertiary alicyclic amines) is 1. The summed E-state index contributed by atoms with van der Waals surface area (Å²) in [4.78, 5) is 15.2. The second-order valence-electron chi connectivity index (χ2n) is 7.58. The van der Waals surface area contributed by atoms with Crippen LogP contribution in [0.3, 0.4) is 0 Å². The zero-order valence-corrected chi connectivity index (χ0v) is 16.0. The number of halogens is 1. The summed E-state index contributed by atoms with van der Waals surface area (Å²) in [5.74, 6) is 2.22. The Labute approximate surface area is 149 Å². The fourth-order valence-corrected chi connectivity index (χ4v) is 4.49. The van der Waals surface area contributed by atoms with Gasteiger partial charge >= 0.3 is 0 Å². The first-order valence-electron chi connectivity index (χ1n) is 9.68. The molecular formula is C19H37ClN2O. The van der Waals surface area contributed by atoms with Gasteiger partial charge in [-0.05, 0) is 51.1 Å². The molecule has 2 rings (SSSR count). The largest absolute Gasteiger partial charge is 0.342 e. The van der Waals surface area contributed by atoms with Gasteiger partial charge in [0.2, 0.25) is 5.91 Å². The molecular weight excluding hydrogens is 308 g/mol. The summed E-state index contributed by atoms with van der Waals surface area (Å²) in [5, 5.41) is 3.28. The standard InChI is InChI=1S/C19H36N2O.ClH/c1-3-8-18(13-16-9-5-4-6-10-16)19(22)21-12-7-11-17(15-21)14-20-2;/h16-18,20H,3-15H2,1-2H3;1H. The lowest BCUT2D eigenvalue weighted by molar-refractivity contribution is -0.138. The highest BCUT2D eigenvalue weighted by Gasteiger charge is 2.30. The third kappa shape index (κ3) is 6.62. The second kappa shape index (κ2) is 11.3. The molecule has 2 aliphatic rings. The fourth-order valence-electron chi connectivity index (χ4n) is 4.49. The molecule has 1 aliphatic carbocycles. The maximum atomic E-state index is 13.0. The Hall–Kier alpha value is -0.280. The third-order valence-corrected chi connectivity index (χ3v) is 5.65. The predicted molar refractivity (Wildman–Crippen MR) is 100 cm³/mol. The summed E-state index contributed by atoms with van der Waals surface area (Å²) in [5.41, 5.74) is 0. The molecule has 0 aromatic rings. The van der Waals surface area contributed by atoms with Crippen LogP contribution in [0.5, 0.6) is 0 Å². The Bertz CT molecular complexity index is 329. The summed E-state index contributed by atoms with van der Waals surface area (Å²) in [6, 6.07) is 0. The molecule has 2 atom stereocenters. The van der Waals surface area contributed by atoms with Crippen LogP contribution >= 0.6 is 12.4 Å². The summed E-state index contributed by atoms with van der Waals surface area (Å²) in [6.07, 6.45) is 12.7. The molecule has 1 amide bonds. The van der Waals surface area contributed by atoms with E-state index in [1.165, 1.54) is 44.9 Å². The average molecular weight is 345 g/mol. The Morgan fingerprint density at radius 1 is 1.13 bits per heavy atom. The minimum Gasteiger partial charge on any atom is -0.342 e. The van der Waals surface area contributed by atoms with Crippen LogP contribution in [0, 0.1) is 17.8 Å². The van der Waals surface area contributed by atoms with Crippen LogP contribution in [0.4, 0.5) is 0 Å². The zero-order chi connectivity index (χ0) is 15.8. The van der Waals surface area contributed by atoms with Crippen molar-refractivity contribution in [2.45, 2.75) is 71.1 Å². The monoisotopic (exact) mass is 344 g/mol. The van der Waals surface area contributed by atoms with E-state index in [2.05, 4.69) is 17.1 Å². The van der Waals surface area contributed by atoms with Crippen molar-refractivity contribution < 1.29 is 4.79 Å². The molecule has 1 N–H and O–H groups in total. The van der Waals surface area contributed by atoms with Crippen LogP contribution in [0.15, 0.2) is 0 Å². The SMILES string of the molecule is CCCC(CC1CCCCC1)C(=O)N1CCCC(CNC)C1.Cl. The smallest absolute Gasteiger partial charge is 0.225 e. The van der Waals surface area contributed by atoms with Crippen molar-refractivity contribution >= 4 is 18.3 Å². The first kappa shape index (κ1) is 20.8. The van der Waals surface area contributed by atoms with Gasteiger partial charge in [0.15, 0.2) is 0 Å². The molecule has 3 nitrogen and oxygen atoms in total. The van der Waals surface area contributed by atoms with Crippen LogP contribution in [0.2, 0.25) is 0 Å². The normalized spacial score (nSPS) is 24.1. The first-order chi connectivity index (χ1) is 10.7. The molecule has 4 heteroatoms. The van der Waals surface area contributed by atoms with Crippen molar-refractivity contribution in [2.75, 3.05) is 26.7 Å².